The fourth-order valence-electron chi connectivity index (χ4n) is 2.18. The van der Waals surface area contributed by atoms with Gasteiger partial charge in [-0.1, -0.05) is 15.7 Å². The van der Waals surface area contributed by atoms with Crippen LogP contribution in [0.1, 0.15) is 5.56 Å². The molecule has 0 aromatic carbocycles. The Labute approximate surface area is 123 Å². The lowest BCUT2D eigenvalue weighted by atomic mass is 10.2. The highest BCUT2D eigenvalue weighted by Crippen LogP contribution is 2.12. The minimum atomic E-state index is 0.000344. The van der Waals surface area contributed by atoms with E-state index in [9.17, 15) is 0 Å². The molecule has 1 aromatic rings. The molecule has 0 radical (unpaired) electrons. The van der Waals surface area contributed by atoms with Crippen molar-refractivity contribution in [3.63, 3.8) is 0 Å². The highest BCUT2D eigenvalue weighted by molar-refractivity contribution is 8.27. The second-order valence-corrected chi connectivity index (χ2v) is 7.86. The van der Waals surface area contributed by atoms with Crippen molar-refractivity contribution in [3.8, 4) is 0 Å². The van der Waals surface area contributed by atoms with E-state index in [1.54, 1.807) is 0 Å². The molecule has 2 heterocycles. The van der Waals surface area contributed by atoms with Gasteiger partial charge in [0.05, 0.1) is 0 Å². The van der Waals surface area contributed by atoms with Gasteiger partial charge in [-0.3, -0.25) is 4.90 Å². The molecule has 6 heteroatoms. The van der Waals surface area contributed by atoms with Gasteiger partial charge >= 0.3 is 0 Å². The second kappa shape index (κ2) is 6.74. The first-order valence-corrected chi connectivity index (χ1v) is 9.01. The van der Waals surface area contributed by atoms with Crippen molar-refractivity contribution in [3.05, 3.63) is 23.9 Å². The number of aromatic nitrogens is 1. The summed E-state index contributed by atoms with van der Waals surface area (Å²) in [5, 5.41) is 0. The first kappa shape index (κ1) is 14.8. The third-order valence-corrected chi connectivity index (χ3v) is 5.09. The predicted molar refractivity (Wildman–Crippen MR) is 86.1 cm³/mol. The fourth-order valence-corrected chi connectivity index (χ4v) is 3.30. The van der Waals surface area contributed by atoms with Crippen LogP contribution >= 0.6 is 0 Å². The largest absolute Gasteiger partial charge is 0.363 e. The van der Waals surface area contributed by atoms with E-state index in [1.807, 2.05) is 25.2 Å². The lowest BCUT2D eigenvalue weighted by molar-refractivity contribution is 0.188. The highest BCUT2D eigenvalue weighted by Gasteiger charge is 2.17. The minimum Gasteiger partial charge on any atom is -0.363 e. The van der Waals surface area contributed by atoms with Gasteiger partial charge in [0.2, 0.25) is 0 Å². The summed E-state index contributed by atoms with van der Waals surface area (Å²) in [7, 11) is 4.02. The molecule has 0 aliphatic carbocycles. The van der Waals surface area contributed by atoms with E-state index in [0.717, 1.165) is 38.5 Å². The van der Waals surface area contributed by atoms with E-state index in [-0.39, 0.29) is 9.64 Å². The summed E-state index contributed by atoms with van der Waals surface area (Å²) in [5.41, 5.74) is 1.29. The quantitative estimate of drug-likeness (QED) is 0.821. The van der Waals surface area contributed by atoms with E-state index in [0.29, 0.717) is 0 Å². The molecule has 1 aromatic heterocycles. The van der Waals surface area contributed by atoms with Gasteiger partial charge < -0.3 is 4.90 Å². The topological polar surface area (TPSA) is 22.6 Å². The molecule has 0 amide bonds. The van der Waals surface area contributed by atoms with Gasteiger partial charge in [-0.15, -0.1) is 0 Å². The Morgan fingerprint density at radius 1 is 1.26 bits per heavy atom. The Morgan fingerprint density at radius 3 is 2.42 bits per heavy atom. The molecule has 1 aliphatic heterocycles. The van der Waals surface area contributed by atoms with Crippen LogP contribution in [0.15, 0.2) is 18.3 Å². The molecule has 1 saturated heterocycles. The van der Waals surface area contributed by atoms with Crippen molar-refractivity contribution in [2.24, 2.45) is 0 Å². The van der Waals surface area contributed by atoms with Crippen molar-refractivity contribution in [2.75, 3.05) is 51.4 Å². The molecule has 19 heavy (non-hydrogen) atoms. The van der Waals surface area contributed by atoms with Crippen molar-refractivity contribution >= 4 is 26.6 Å². The van der Waals surface area contributed by atoms with Crippen LogP contribution < -0.4 is 4.90 Å². The summed E-state index contributed by atoms with van der Waals surface area (Å²) in [4.78, 5) is 8.96. The molecule has 1 fully saturated rings. The first-order valence-electron chi connectivity index (χ1n) is 6.49. The van der Waals surface area contributed by atoms with Gasteiger partial charge in [0.25, 0.3) is 0 Å². The van der Waals surface area contributed by atoms with Crippen LogP contribution in [0.2, 0.25) is 0 Å². The zero-order valence-electron chi connectivity index (χ0n) is 11.9. The highest BCUT2D eigenvalue weighted by atomic mass is 32.8. The van der Waals surface area contributed by atoms with Gasteiger partial charge in [0.1, 0.15) is 5.82 Å². The SMILES string of the molecule is CN(C)c1ccc(CN2CCN(S(C)=S)CC2)cn1. The number of piperazine rings is 1. The zero-order valence-corrected chi connectivity index (χ0v) is 13.5. The van der Waals surface area contributed by atoms with Crippen molar-refractivity contribution in [1.29, 1.82) is 0 Å². The fraction of sp³-hybridized carbons (Fsp3) is 0.615. The monoisotopic (exact) mass is 298 g/mol. The molecule has 1 atom stereocenters. The van der Waals surface area contributed by atoms with Crippen molar-refractivity contribution in [1.82, 2.24) is 14.2 Å². The smallest absolute Gasteiger partial charge is 0.127 e. The van der Waals surface area contributed by atoms with Crippen LogP contribution in [0, 0.1) is 0 Å². The summed E-state index contributed by atoms with van der Waals surface area (Å²) >= 11 is 5.33. The molecule has 0 bridgehead atoms. The van der Waals surface area contributed by atoms with Gasteiger partial charge in [0, 0.05) is 59.3 Å². The Morgan fingerprint density at radius 2 is 1.95 bits per heavy atom. The molecule has 1 unspecified atom stereocenters. The van der Waals surface area contributed by atoms with Gasteiger partial charge in [-0.2, -0.15) is 0 Å². The molecule has 0 N–H and O–H groups in total. The standard InChI is InChI=1S/C13H22N4S2/c1-15(2)13-5-4-12(10-14-13)11-16-6-8-17(9-7-16)19(3)18/h4-5,10H,6-9,11H2,1-3H3. The first-order chi connectivity index (χ1) is 9.06. The summed E-state index contributed by atoms with van der Waals surface area (Å²) in [6.45, 7) is 5.37. The Hall–Kier alpha value is -0.560. The summed E-state index contributed by atoms with van der Waals surface area (Å²) < 4.78 is 2.39. The van der Waals surface area contributed by atoms with Gasteiger partial charge in [0.15, 0.2) is 0 Å². The molecular formula is C13H22N4S2. The maximum atomic E-state index is 5.33. The van der Waals surface area contributed by atoms with Crippen LogP contribution in [0.4, 0.5) is 5.82 Å². The summed E-state index contributed by atoms with van der Waals surface area (Å²) in [6, 6.07) is 4.25. The Bertz CT molecular complexity index is 425. The molecule has 1 aliphatic rings. The second-order valence-electron chi connectivity index (χ2n) is 5.05. The van der Waals surface area contributed by atoms with E-state index in [4.69, 9.17) is 11.2 Å². The number of hydrogen-bond donors (Lipinski definition) is 0. The third kappa shape index (κ3) is 4.21. The maximum Gasteiger partial charge on any atom is 0.127 e. The minimum absolute atomic E-state index is 0.000344. The lowest BCUT2D eigenvalue weighted by Crippen LogP contribution is -2.45. The van der Waals surface area contributed by atoms with Crippen LogP contribution in [-0.2, 0) is 27.4 Å². The number of hydrogen-bond acceptors (Lipinski definition) is 4. The van der Waals surface area contributed by atoms with E-state index < -0.39 is 0 Å². The van der Waals surface area contributed by atoms with Crippen LogP contribution in [0.3, 0.4) is 0 Å². The average molecular weight is 298 g/mol. The van der Waals surface area contributed by atoms with E-state index >= 15 is 0 Å². The lowest BCUT2D eigenvalue weighted by Gasteiger charge is -2.34. The number of nitrogens with zero attached hydrogens (tertiary/aromatic N) is 4. The molecule has 2 rings (SSSR count). The Kier molecular flexibility index (Phi) is 5.27. The molecule has 0 spiro atoms. The van der Waals surface area contributed by atoms with Gasteiger partial charge in [-0.05, 0) is 22.8 Å². The summed E-state index contributed by atoms with van der Waals surface area (Å²) in [6.07, 6.45) is 4.11. The van der Waals surface area contributed by atoms with Crippen LogP contribution in [0.5, 0.6) is 0 Å². The third-order valence-electron chi connectivity index (χ3n) is 3.37. The number of pyridine rings is 1. The zero-order chi connectivity index (χ0) is 13.8. The normalized spacial score (nSPS) is 19.3. The molecule has 106 valence electrons. The maximum absolute atomic E-state index is 5.33. The van der Waals surface area contributed by atoms with Crippen LogP contribution in [-0.4, -0.2) is 60.7 Å². The van der Waals surface area contributed by atoms with Gasteiger partial charge in [-0.25, -0.2) is 9.29 Å². The van der Waals surface area contributed by atoms with E-state index in [2.05, 4.69) is 32.6 Å². The Balaban J connectivity index is 1.87. The average Bonchev–Trinajstić information content (AvgIpc) is 2.40. The van der Waals surface area contributed by atoms with E-state index in [1.165, 1.54) is 5.56 Å². The molecular weight excluding hydrogens is 276 g/mol. The number of rotatable bonds is 4. The van der Waals surface area contributed by atoms with Crippen molar-refractivity contribution in [2.45, 2.75) is 6.54 Å². The van der Waals surface area contributed by atoms with Crippen LogP contribution in [0.25, 0.3) is 0 Å². The molecule has 0 saturated carbocycles. The summed E-state index contributed by atoms with van der Waals surface area (Å²) in [5.74, 6) is 1.01. The van der Waals surface area contributed by atoms with Crippen molar-refractivity contribution < 1.29 is 0 Å². The predicted octanol–water partition coefficient (Wildman–Crippen LogP) is 0.890. The molecule has 4 nitrogen and oxygen atoms in total. The number of anilines is 1.